The number of hydrogen-bond acceptors (Lipinski definition) is 2. The number of aryl methyl sites for hydroxylation is 2. The lowest BCUT2D eigenvalue weighted by Crippen LogP contribution is -2.28. The van der Waals surface area contributed by atoms with Crippen LogP contribution in [-0.2, 0) is 13.5 Å². The number of hydrogen-bond donors (Lipinski definition) is 1. The average molecular weight is 207 g/mol. The highest BCUT2D eigenvalue weighted by atomic mass is 15.2. The van der Waals surface area contributed by atoms with E-state index in [0.717, 1.165) is 24.9 Å². The quantitative estimate of drug-likeness (QED) is 0.720. The molecule has 1 heterocycles. The van der Waals surface area contributed by atoms with E-state index in [9.17, 15) is 0 Å². The molecule has 1 N–H and O–H groups in total. The summed E-state index contributed by atoms with van der Waals surface area (Å²) in [4.78, 5) is 0. The van der Waals surface area contributed by atoms with Gasteiger partial charge in [0.1, 0.15) is 0 Å². The van der Waals surface area contributed by atoms with Gasteiger partial charge in [0.25, 0.3) is 0 Å². The fraction of sp³-hybridized carbons (Fsp3) is 0.750. The summed E-state index contributed by atoms with van der Waals surface area (Å²) in [5, 5.41) is 7.76. The fourth-order valence-corrected chi connectivity index (χ4v) is 1.99. The highest BCUT2D eigenvalue weighted by Crippen LogP contribution is 2.32. The van der Waals surface area contributed by atoms with E-state index in [4.69, 9.17) is 0 Å². The van der Waals surface area contributed by atoms with Crippen LogP contribution in [0, 0.1) is 5.92 Å². The predicted octanol–water partition coefficient (Wildman–Crippen LogP) is 1.74. The minimum atomic E-state index is 0.721. The van der Waals surface area contributed by atoms with Gasteiger partial charge in [-0.05, 0) is 50.6 Å². The van der Waals surface area contributed by atoms with Crippen molar-refractivity contribution in [2.45, 2.75) is 38.6 Å². The van der Waals surface area contributed by atoms with Crippen LogP contribution >= 0.6 is 0 Å². The Morgan fingerprint density at radius 1 is 1.60 bits per heavy atom. The van der Waals surface area contributed by atoms with Crippen LogP contribution in [0.5, 0.6) is 0 Å². The van der Waals surface area contributed by atoms with Crippen molar-refractivity contribution in [2.24, 2.45) is 13.0 Å². The molecule has 3 nitrogen and oxygen atoms in total. The molecule has 1 unspecified atom stereocenters. The van der Waals surface area contributed by atoms with Gasteiger partial charge in [-0.1, -0.05) is 0 Å². The van der Waals surface area contributed by atoms with E-state index in [1.807, 2.05) is 17.9 Å². The summed E-state index contributed by atoms with van der Waals surface area (Å²) in [6.07, 6.45) is 9.27. The standard InChI is InChI=1S/C12H21N3/c1-10(12-5-6-12)13-7-3-4-11-8-14-15(2)9-11/h8-10,12-13H,3-7H2,1-2H3. The summed E-state index contributed by atoms with van der Waals surface area (Å²) >= 11 is 0. The Morgan fingerprint density at radius 3 is 3.00 bits per heavy atom. The molecular formula is C12H21N3. The summed E-state index contributed by atoms with van der Waals surface area (Å²) in [6.45, 7) is 3.44. The highest BCUT2D eigenvalue weighted by molar-refractivity contribution is 5.03. The maximum Gasteiger partial charge on any atom is 0.0521 e. The van der Waals surface area contributed by atoms with Crippen LogP contribution in [0.25, 0.3) is 0 Å². The molecule has 84 valence electrons. The van der Waals surface area contributed by atoms with Crippen molar-refractivity contribution < 1.29 is 0 Å². The summed E-state index contributed by atoms with van der Waals surface area (Å²) < 4.78 is 1.87. The summed E-state index contributed by atoms with van der Waals surface area (Å²) in [5.41, 5.74) is 1.35. The third-order valence-corrected chi connectivity index (χ3v) is 3.20. The second kappa shape index (κ2) is 4.79. The molecule has 0 bridgehead atoms. The smallest absolute Gasteiger partial charge is 0.0521 e. The highest BCUT2D eigenvalue weighted by Gasteiger charge is 2.26. The predicted molar refractivity (Wildman–Crippen MR) is 61.7 cm³/mol. The average Bonchev–Trinajstić information content (AvgIpc) is 2.98. The maximum absolute atomic E-state index is 4.16. The van der Waals surface area contributed by atoms with Crippen LogP contribution in [0.2, 0.25) is 0 Å². The Hall–Kier alpha value is -0.830. The second-order valence-electron chi connectivity index (χ2n) is 4.71. The number of nitrogens with one attached hydrogen (secondary N) is 1. The van der Waals surface area contributed by atoms with E-state index in [-0.39, 0.29) is 0 Å². The summed E-state index contributed by atoms with van der Waals surface area (Å²) in [5.74, 6) is 0.961. The number of aromatic nitrogens is 2. The Bertz CT molecular complexity index is 302. The van der Waals surface area contributed by atoms with Crippen molar-refractivity contribution in [2.75, 3.05) is 6.54 Å². The molecule has 0 aromatic carbocycles. The second-order valence-corrected chi connectivity index (χ2v) is 4.71. The first-order valence-corrected chi connectivity index (χ1v) is 5.96. The van der Waals surface area contributed by atoms with Crippen LogP contribution in [-0.4, -0.2) is 22.4 Å². The lowest BCUT2D eigenvalue weighted by Gasteiger charge is -2.11. The fourth-order valence-electron chi connectivity index (χ4n) is 1.99. The van der Waals surface area contributed by atoms with Gasteiger partial charge in [0, 0.05) is 19.3 Å². The molecule has 0 amide bonds. The Kier molecular flexibility index (Phi) is 3.41. The van der Waals surface area contributed by atoms with Crippen molar-refractivity contribution in [1.82, 2.24) is 15.1 Å². The topological polar surface area (TPSA) is 29.9 Å². The third kappa shape index (κ3) is 3.34. The zero-order valence-electron chi connectivity index (χ0n) is 9.74. The monoisotopic (exact) mass is 207 g/mol. The van der Waals surface area contributed by atoms with Gasteiger partial charge < -0.3 is 5.32 Å². The molecule has 3 heteroatoms. The molecular weight excluding hydrogens is 186 g/mol. The molecule has 1 aromatic rings. The molecule has 1 aromatic heterocycles. The van der Waals surface area contributed by atoms with Crippen LogP contribution < -0.4 is 5.32 Å². The molecule has 0 spiro atoms. The molecule has 2 rings (SSSR count). The van der Waals surface area contributed by atoms with Crippen molar-refractivity contribution in [1.29, 1.82) is 0 Å². The first kappa shape index (κ1) is 10.7. The van der Waals surface area contributed by atoms with Gasteiger partial charge in [0.15, 0.2) is 0 Å². The zero-order valence-corrected chi connectivity index (χ0v) is 9.74. The van der Waals surface area contributed by atoms with Gasteiger partial charge in [-0.2, -0.15) is 5.10 Å². The van der Waals surface area contributed by atoms with E-state index in [0.29, 0.717) is 0 Å². The largest absolute Gasteiger partial charge is 0.314 e. The van der Waals surface area contributed by atoms with Gasteiger partial charge in [0.05, 0.1) is 6.20 Å². The molecule has 1 aliphatic rings. The van der Waals surface area contributed by atoms with Crippen molar-refractivity contribution in [3.63, 3.8) is 0 Å². The molecule has 1 aliphatic carbocycles. The van der Waals surface area contributed by atoms with Crippen molar-refractivity contribution >= 4 is 0 Å². The van der Waals surface area contributed by atoms with Crippen LogP contribution in [0.1, 0.15) is 31.7 Å². The van der Waals surface area contributed by atoms with Gasteiger partial charge in [-0.3, -0.25) is 4.68 Å². The van der Waals surface area contributed by atoms with Gasteiger partial charge in [-0.25, -0.2) is 0 Å². The van der Waals surface area contributed by atoms with Crippen molar-refractivity contribution in [3.8, 4) is 0 Å². The molecule has 0 radical (unpaired) electrons. The summed E-state index contributed by atoms with van der Waals surface area (Å²) in [6, 6.07) is 0.721. The first-order chi connectivity index (χ1) is 7.25. The molecule has 1 saturated carbocycles. The normalized spacial score (nSPS) is 18.0. The van der Waals surface area contributed by atoms with Crippen LogP contribution in [0.3, 0.4) is 0 Å². The maximum atomic E-state index is 4.16. The van der Waals surface area contributed by atoms with Crippen LogP contribution in [0.15, 0.2) is 12.4 Å². The lowest BCUT2D eigenvalue weighted by molar-refractivity contribution is 0.490. The SMILES string of the molecule is CC(NCCCc1cnn(C)c1)C1CC1. The molecule has 1 fully saturated rings. The molecule has 0 saturated heterocycles. The zero-order chi connectivity index (χ0) is 10.7. The first-order valence-electron chi connectivity index (χ1n) is 5.96. The number of rotatable bonds is 6. The lowest BCUT2D eigenvalue weighted by atomic mass is 10.2. The van der Waals surface area contributed by atoms with E-state index in [1.165, 1.54) is 24.8 Å². The molecule has 15 heavy (non-hydrogen) atoms. The van der Waals surface area contributed by atoms with Gasteiger partial charge >= 0.3 is 0 Å². The Morgan fingerprint density at radius 2 is 2.40 bits per heavy atom. The van der Waals surface area contributed by atoms with Gasteiger partial charge in [0.2, 0.25) is 0 Å². The Labute approximate surface area is 91.9 Å². The third-order valence-electron chi connectivity index (χ3n) is 3.20. The minimum absolute atomic E-state index is 0.721. The van der Waals surface area contributed by atoms with Crippen molar-refractivity contribution in [3.05, 3.63) is 18.0 Å². The molecule has 0 aliphatic heterocycles. The Balaban J connectivity index is 1.58. The van der Waals surface area contributed by atoms with E-state index in [1.54, 1.807) is 0 Å². The van der Waals surface area contributed by atoms with Gasteiger partial charge in [-0.15, -0.1) is 0 Å². The van der Waals surface area contributed by atoms with E-state index < -0.39 is 0 Å². The van der Waals surface area contributed by atoms with Crippen LogP contribution in [0.4, 0.5) is 0 Å². The van der Waals surface area contributed by atoms with E-state index in [2.05, 4.69) is 23.5 Å². The minimum Gasteiger partial charge on any atom is -0.314 e. The van der Waals surface area contributed by atoms with E-state index >= 15 is 0 Å². The molecule has 1 atom stereocenters. The number of nitrogens with zero attached hydrogens (tertiary/aromatic N) is 2. The summed E-state index contributed by atoms with van der Waals surface area (Å²) in [7, 11) is 1.97.